The van der Waals surface area contributed by atoms with Crippen LogP contribution in [0, 0.1) is 0 Å². The maximum absolute atomic E-state index is 12.7. The zero-order chi connectivity index (χ0) is 21.7. The number of rotatable bonds is 8. The van der Waals surface area contributed by atoms with Crippen molar-refractivity contribution in [3.8, 4) is 0 Å². The molecule has 0 bridgehead atoms. The molecule has 158 valence electrons. The zero-order valence-corrected chi connectivity index (χ0v) is 17.6. The fourth-order valence-electron chi connectivity index (χ4n) is 3.38. The molecule has 30 heavy (non-hydrogen) atoms. The van der Waals surface area contributed by atoms with Gasteiger partial charge in [-0.15, -0.1) is 0 Å². The standard InChI is InChI=1S/C23H27N3O4/c1-4-25(16-17-11-13-18(14-12-17)22(28)24(2)3)21(27)10-7-15-26-19-8-5-6-9-20(19)30-23(26)29/h5-6,8-9,11-14H,4,7,10,15-16H2,1-3H3. The molecule has 1 aromatic heterocycles. The Hall–Kier alpha value is -3.35. The van der Waals surface area contributed by atoms with Gasteiger partial charge >= 0.3 is 5.76 Å². The molecule has 2 aromatic carbocycles. The summed E-state index contributed by atoms with van der Waals surface area (Å²) in [4.78, 5) is 40.0. The summed E-state index contributed by atoms with van der Waals surface area (Å²) in [7, 11) is 3.43. The third-order valence-corrected chi connectivity index (χ3v) is 5.06. The first-order valence-corrected chi connectivity index (χ1v) is 10.1. The summed E-state index contributed by atoms with van der Waals surface area (Å²) in [6.07, 6.45) is 0.895. The molecule has 0 spiro atoms. The number of para-hydroxylation sites is 2. The number of hydrogen-bond donors (Lipinski definition) is 0. The van der Waals surface area contributed by atoms with Crippen molar-refractivity contribution in [2.45, 2.75) is 32.9 Å². The molecule has 0 radical (unpaired) electrons. The summed E-state index contributed by atoms with van der Waals surface area (Å²) in [5.41, 5.74) is 2.89. The smallest absolute Gasteiger partial charge is 0.408 e. The lowest BCUT2D eigenvalue weighted by atomic mass is 10.1. The Balaban J connectivity index is 1.58. The lowest BCUT2D eigenvalue weighted by Gasteiger charge is -2.21. The van der Waals surface area contributed by atoms with Crippen LogP contribution in [0.15, 0.2) is 57.7 Å². The second kappa shape index (κ2) is 9.43. The van der Waals surface area contributed by atoms with E-state index in [1.165, 1.54) is 4.90 Å². The van der Waals surface area contributed by atoms with Crippen LogP contribution in [-0.2, 0) is 17.9 Å². The van der Waals surface area contributed by atoms with E-state index in [1.807, 2.05) is 37.3 Å². The van der Waals surface area contributed by atoms with Gasteiger partial charge in [0.05, 0.1) is 5.52 Å². The van der Waals surface area contributed by atoms with Gasteiger partial charge in [0.1, 0.15) is 0 Å². The maximum atomic E-state index is 12.7. The van der Waals surface area contributed by atoms with E-state index in [0.29, 0.717) is 43.6 Å². The summed E-state index contributed by atoms with van der Waals surface area (Å²) in [5, 5.41) is 0. The van der Waals surface area contributed by atoms with Gasteiger partial charge in [0.15, 0.2) is 5.58 Å². The summed E-state index contributed by atoms with van der Waals surface area (Å²) in [6.45, 7) is 3.45. The van der Waals surface area contributed by atoms with Crippen LogP contribution in [0.1, 0.15) is 35.7 Å². The average molecular weight is 409 g/mol. The minimum absolute atomic E-state index is 0.0341. The van der Waals surface area contributed by atoms with E-state index in [9.17, 15) is 14.4 Å². The Morgan fingerprint density at radius 2 is 1.73 bits per heavy atom. The summed E-state index contributed by atoms with van der Waals surface area (Å²) < 4.78 is 6.80. The number of aromatic nitrogens is 1. The minimum atomic E-state index is -0.400. The first-order chi connectivity index (χ1) is 14.4. The van der Waals surface area contributed by atoms with Crippen molar-refractivity contribution in [1.82, 2.24) is 14.4 Å². The van der Waals surface area contributed by atoms with Crippen LogP contribution >= 0.6 is 0 Å². The molecule has 0 unspecified atom stereocenters. The van der Waals surface area contributed by atoms with Gasteiger partial charge in [0, 0.05) is 45.7 Å². The highest BCUT2D eigenvalue weighted by molar-refractivity contribution is 5.93. The van der Waals surface area contributed by atoms with Crippen molar-refractivity contribution in [3.63, 3.8) is 0 Å². The lowest BCUT2D eigenvalue weighted by molar-refractivity contribution is -0.131. The molecular formula is C23H27N3O4. The Morgan fingerprint density at radius 1 is 1.03 bits per heavy atom. The van der Waals surface area contributed by atoms with Gasteiger partial charge in [0.25, 0.3) is 5.91 Å². The lowest BCUT2D eigenvalue weighted by Crippen LogP contribution is -2.30. The van der Waals surface area contributed by atoms with Crippen LogP contribution in [0.2, 0.25) is 0 Å². The highest BCUT2D eigenvalue weighted by atomic mass is 16.4. The Kier molecular flexibility index (Phi) is 6.72. The van der Waals surface area contributed by atoms with Gasteiger partial charge in [-0.1, -0.05) is 24.3 Å². The van der Waals surface area contributed by atoms with Gasteiger partial charge in [-0.2, -0.15) is 0 Å². The highest BCUT2D eigenvalue weighted by Crippen LogP contribution is 2.14. The van der Waals surface area contributed by atoms with Gasteiger partial charge < -0.3 is 14.2 Å². The van der Waals surface area contributed by atoms with E-state index in [-0.39, 0.29) is 11.8 Å². The number of oxazole rings is 1. The van der Waals surface area contributed by atoms with Crippen molar-refractivity contribution in [3.05, 3.63) is 70.2 Å². The molecule has 7 heteroatoms. The van der Waals surface area contributed by atoms with E-state index in [1.54, 1.807) is 41.8 Å². The van der Waals surface area contributed by atoms with Crippen molar-refractivity contribution >= 4 is 22.9 Å². The van der Waals surface area contributed by atoms with Crippen molar-refractivity contribution in [2.75, 3.05) is 20.6 Å². The summed E-state index contributed by atoms with van der Waals surface area (Å²) in [5.74, 6) is -0.415. The van der Waals surface area contributed by atoms with E-state index in [4.69, 9.17) is 4.42 Å². The predicted molar refractivity (Wildman–Crippen MR) is 115 cm³/mol. The number of amides is 2. The predicted octanol–water partition coefficient (Wildman–Crippen LogP) is 3.13. The molecular weight excluding hydrogens is 382 g/mol. The number of carbonyl (C=O) groups excluding carboxylic acids is 2. The van der Waals surface area contributed by atoms with Gasteiger partial charge in [-0.25, -0.2) is 4.79 Å². The van der Waals surface area contributed by atoms with Crippen LogP contribution in [-0.4, -0.2) is 46.8 Å². The molecule has 0 N–H and O–H groups in total. The number of hydrogen-bond acceptors (Lipinski definition) is 4. The van der Waals surface area contributed by atoms with Gasteiger partial charge in [0.2, 0.25) is 5.91 Å². The average Bonchev–Trinajstić information content (AvgIpc) is 3.07. The molecule has 7 nitrogen and oxygen atoms in total. The molecule has 0 saturated carbocycles. The van der Waals surface area contributed by atoms with Crippen molar-refractivity contribution in [2.24, 2.45) is 0 Å². The minimum Gasteiger partial charge on any atom is -0.408 e. The topological polar surface area (TPSA) is 75.8 Å². The summed E-state index contributed by atoms with van der Waals surface area (Å²) >= 11 is 0. The largest absolute Gasteiger partial charge is 0.419 e. The molecule has 0 atom stereocenters. The fourth-order valence-corrected chi connectivity index (χ4v) is 3.38. The van der Waals surface area contributed by atoms with E-state index < -0.39 is 5.76 Å². The monoisotopic (exact) mass is 409 g/mol. The molecule has 2 amide bonds. The second-order valence-corrected chi connectivity index (χ2v) is 7.40. The highest BCUT2D eigenvalue weighted by Gasteiger charge is 2.14. The summed E-state index contributed by atoms with van der Waals surface area (Å²) in [6, 6.07) is 14.6. The van der Waals surface area contributed by atoms with Gasteiger partial charge in [-0.05, 0) is 43.2 Å². The maximum Gasteiger partial charge on any atom is 0.419 e. The third-order valence-electron chi connectivity index (χ3n) is 5.06. The Bertz CT molecular complexity index is 1080. The fraction of sp³-hybridized carbons (Fsp3) is 0.348. The SMILES string of the molecule is CCN(Cc1ccc(C(=O)N(C)C)cc1)C(=O)CCCn1c(=O)oc2ccccc21. The second-order valence-electron chi connectivity index (χ2n) is 7.40. The van der Waals surface area contributed by atoms with Crippen molar-refractivity contribution in [1.29, 1.82) is 0 Å². The molecule has 3 aromatic rings. The molecule has 3 rings (SSSR count). The molecule has 0 aliphatic rings. The number of fused-ring (bicyclic) bond motifs is 1. The quantitative estimate of drug-likeness (QED) is 0.573. The van der Waals surface area contributed by atoms with Crippen molar-refractivity contribution < 1.29 is 14.0 Å². The molecule has 1 heterocycles. The zero-order valence-electron chi connectivity index (χ0n) is 17.6. The Morgan fingerprint density at radius 3 is 2.40 bits per heavy atom. The number of benzene rings is 2. The molecule has 0 fully saturated rings. The van der Waals surface area contributed by atoms with Crippen LogP contribution < -0.4 is 5.76 Å². The van der Waals surface area contributed by atoms with Crippen LogP contribution in [0.5, 0.6) is 0 Å². The van der Waals surface area contributed by atoms with Crippen LogP contribution in [0.25, 0.3) is 11.1 Å². The first kappa shape index (κ1) is 21.4. The van der Waals surface area contributed by atoms with Crippen LogP contribution in [0.4, 0.5) is 0 Å². The number of nitrogens with zero attached hydrogens (tertiary/aromatic N) is 3. The Labute approximate surface area is 175 Å². The van der Waals surface area contributed by atoms with E-state index in [0.717, 1.165) is 11.1 Å². The number of aryl methyl sites for hydroxylation is 1. The van der Waals surface area contributed by atoms with Gasteiger partial charge in [-0.3, -0.25) is 14.2 Å². The van der Waals surface area contributed by atoms with Crippen LogP contribution in [0.3, 0.4) is 0 Å². The normalized spacial score (nSPS) is 10.9. The molecule has 0 aliphatic heterocycles. The third kappa shape index (κ3) is 4.79. The molecule has 0 aliphatic carbocycles. The first-order valence-electron chi connectivity index (χ1n) is 10.1. The molecule has 0 saturated heterocycles. The number of carbonyl (C=O) groups is 2. The van der Waals surface area contributed by atoms with E-state index in [2.05, 4.69) is 0 Å². The van der Waals surface area contributed by atoms with E-state index >= 15 is 0 Å².